The molecule has 1 aliphatic carbocycles. The van der Waals surface area contributed by atoms with Gasteiger partial charge in [0.1, 0.15) is 6.42 Å². The summed E-state index contributed by atoms with van der Waals surface area (Å²) in [5, 5.41) is 15.4. The maximum absolute atomic E-state index is 9.43. The molecule has 16 heavy (non-hydrogen) atoms. The molecule has 0 amide bonds. The van der Waals surface area contributed by atoms with Crippen molar-refractivity contribution in [1.29, 1.82) is 0 Å². The number of carboxylic acids is 2. The summed E-state index contributed by atoms with van der Waals surface area (Å²) < 4.78 is 1.58. The van der Waals surface area contributed by atoms with Gasteiger partial charge in [-0.3, -0.25) is 9.59 Å². The van der Waals surface area contributed by atoms with Crippen molar-refractivity contribution in [3.05, 3.63) is 0 Å². The topological polar surface area (TPSA) is 74.6 Å². The van der Waals surface area contributed by atoms with Crippen LogP contribution < -0.4 is 0 Å². The molecule has 0 aromatic rings. The number of rotatable bonds is 4. The standard InChI is InChI=1S/C8H15.C3H4O4.K/c1-2-8-6-4-3-5-7-8;4-2(5)1-3(6)7;/h8H,1-7H2;1H2,(H,4,5)(H,6,7);. The van der Waals surface area contributed by atoms with Crippen LogP contribution >= 0.6 is 0 Å². The average Bonchev–Trinajstić information content (AvgIpc) is 2.18. The summed E-state index contributed by atoms with van der Waals surface area (Å²) in [5.41, 5.74) is 0. The van der Waals surface area contributed by atoms with Crippen LogP contribution in [-0.4, -0.2) is 71.1 Å². The van der Waals surface area contributed by atoms with E-state index in [1.165, 1.54) is 19.3 Å². The van der Waals surface area contributed by atoms with Crippen molar-refractivity contribution >= 4 is 60.9 Å². The second kappa shape index (κ2) is 10.7. The van der Waals surface area contributed by atoms with Gasteiger partial charge >= 0.3 is 106 Å². The van der Waals surface area contributed by atoms with E-state index in [2.05, 4.69) is 0 Å². The van der Waals surface area contributed by atoms with Gasteiger partial charge in [-0.25, -0.2) is 0 Å². The SMILES string of the molecule is O=C(O)CC(=O)O.[K][CH2]CC1CCCCC1. The van der Waals surface area contributed by atoms with Crippen LogP contribution in [0.4, 0.5) is 0 Å². The molecule has 0 saturated heterocycles. The molecule has 4 nitrogen and oxygen atoms in total. The van der Waals surface area contributed by atoms with E-state index in [1.54, 1.807) is 19.8 Å². The zero-order chi connectivity index (χ0) is 12.4. The molecule has 0 aromatic heterocycles. The third-order valence-electron chi connectivity index (χ3n) is 2.72. The van der Waals surface area contributed by atoms with Crippen LogP contribution in [0.3, 0.4) is 0 Å². The molecule has 0 bridgehead atoms. The van der Waals surface area contributed by atoms with E-state index in [4.69, 9.17) is 10.2 Å². The Bertz CT molecular complexity index is 197. The molecule has 5 heteroatoms. The van der Waals surface area contributed by atoms with E-state index in [0.717, 1.165) is 54.9 Å². The van der Waals surface area contributed by atoms with Gasteiger partial charge in [0, 0.05) is 0 Å². The summed E-state index contributed by atoms with van der Waals surface area (Å²) in [4.78, 5) is 18.9. The number of hydrogen-bond acceptors (Lipinski definition) is 2. The molecule has 0 unspecified atom stereocenters. The monoisotopic (exact) mass is 254 g/mol. The van der Waals surface area contributed by atoms with Gasteiger partial charge < -0.3 is 10.2 Å². The summed E-state index contributed by atoms with van der Waals surface area (Å²) >= 11 is 1.12. The fourth-order valence-corrected chi connectivity index (χ4v) is 3.29. The van der Waals surface area contributed by atoms with Gasteiger partial charge in [-0.05, 0) is 0 Å². The van der Waals surface area contributed by atoms with Crippen LogP contribution in [0, 0.1) is 5.92 Å². The number of carboxylic acid groups (broad SMARTS) is 2. The molecule has 1 saturated carbocycles. The van der Waals surface area contributed by atoms with E-state index < -0.39 is 18.4 Å². The third-order valence-corrected chi connectivity index (χ3v) is 3.63. The van der Waals surface area contributed by atoms with E-state index >= 15 is 0 Å². The number of aliphatic carboxylic acids is 2. The summed E-state index contributed by atoms with van der Waals surface area (Å²) in [7, 11) is 0. The van der Waals surface area contributed by atoms with Gasteiger partial charge in [0.15, 0.2) is 0 Å². The molecule has 0 aliphatic heterocycles. The van der Waals surface area contributed by atoms with E-state index in [-0.39, 0.29) is 0 Å². The first-order chi connectivity index (χ1) is 7.56. The third kappa shape index (κ3) is 11.1. The van der Waals surface area contributed by atoms with Gasteiger partial charge in [-0.2, -0.15) is 0 Å². The fourth-order valence-electron chi connectivity index (χ4n) is 2.01. The Morgan fingerprint density at radius 3 is 1.88 bits per heavy atom. The molecular weight excluding hydrogens is 235 g/mol. The van der Waals surface area contributed by atoms with E-state index in [1.807, 2.05) is 0 Å². The van der Waals surface area contributed by atoms with Crippen LogP contribution in [0.15, 0.2) is 0 Å². The van der Waals surface area contributed by atoms with Crippen LogP contribution in [0.1, 0.15) is 44.9 Å². The zero-order valence-electron chi connectivity index (χ0n) is 9.95. The minimum atomic E-state index is -1.31. The van der Waals surface area contributed by atoms with Crippen molar-refractivity contribution in [2.45, 2.75) is 45.5 Å². The van der Waals surface area contributed by atoms with Crippen molar-refractivity contribution in [3.63, 3.8) is 0 Å². The van der Waals surface area contributed by atoms with E-state index in [9.17, 15) is 9.59 Å². The first-order valence-corrected chi connectivity index (χ1v) is 8.20. The molecule has 1 aliphatic rings. The minimum absolute atomic E-state index is 0.806. The van der Waals surface area contributed by atoms with Gasteiger partial charge in [-0.15, -0.1) is 0 Å². The zero-order valence-corrected chi connectivity index (χ0v) is 13.1. The quantitative estimate of drug-likeness (QED) is 0.595. The van der Waals surface area contributed by atoms with Crippen LogP contribution in [0.25, 0.3) is 0 Å². The Morgan fingerprint density at radius 1 is 1.06 bits per heavy atom. The van der Waals surface area contributed by atoms with Crippen molar-refractivity contribution in [1.82, 2.24) is 0 Å². The fraction of sp³-hybridized carbons (Fsp3) is 0.818. The second-order valence-electron chi connectivity index (χ2n) is 4.26. The molecule has 0 aromatic carbocycles. The van der Waals surface area contributed by atoms with Crippen molar-refractivity contribution in [2.75, 3.05) is 0 Å². The molecule has 0 spiro atoms. The van der Waals surface area contributed by atoms with Crippen LogP contribution in [0.2, 0.25) is 0.515 Å². The Hall–Kier alpha value is 0.576. The molecule has 0 heterocycles. The molecule has 0 atom stereocenters. The summed E-state index contributed by atoms with van der Waals surface area (Å²) in [5.74, 6) is -1.48. The van der Waals surface area contributed by atoms with Crippen LogP contribution in [0.5, 0.6) is 0 Å². The Morgan fingerprint density at radius 2 is 1.56 bits per heavy atom. The predicted octanol–water partition coefficient (Wildman–Crippen LogP) is 2.09. The Balaban J connectivity index is 0.000000293. The van der Waals surface area contributed by atoms with Gasteiger partial charge in [0.05, 0.1) is 0 Å². The van der Waals surface area contributed by atoms with E-state index in [0.29, 0.717) is 0 Å². The molecule has 1 fully saturated rings. The van der Waals surface area contributed by atoms with Crippen molar-refractivity contribution < 1.29 is 19.8 Å². The summed E-state index contributed by atoms with van der Waals surface area (Å²) in [6.45, 7) is 0. The van der Waals surface area contributed by atoms with Crippen molar-refractivity contribution in [3.8, 4) is 0 Å². The molecule has 88 valence electrons. The first kappa shape index (κ1) is 16.6. The normalized spacial score (nSPS) is 16.1. The van der Waals surface area contributed by atoms with Crippen LogP contribution in [-0.2, 0) is 9.59 Å². The summed E-state index contributed by atoms with van der Waals surface area (Å²) in [6, 6.07) is 0. The molecular formula is C11H19KO4. The molecule has 2 N–H and O–H groups in total. The Kier molecular flexibility index (Phi) is 11.1. The van der Waals surface area contributed by atoms with Crippen molar-refractivity contribution in [2.24, 2.45) is 5.92 Å². The average molecular weight is 254 g/mol. The molecule has 1 rings (SSSR count). The number of hydrogen-bond donors (Lipinski definition) is 2. The maximum atomic E-state index is 9.43. The first-order valence-electron chi connectivity index (χ1n) is 5.99. The summed E-state index contributed by atoms with van der Waals surface area (Å²) in [6.07, 6.45) is 8.43. The number of carbonyl (C=O) groups is 2. The predicted molar refractivity (Wildman–Crippen MR) is 61.6 cm³/mol. The van der Waals surface area contributed by atoms with Gasteiger partial charge in [0.2, 0.25) is 0 Å². The molecule has 0 radical (unpaired) electrons. The van der Waals surface area contributed by atoms with Gasteiger partial charge in [0.25, 0.3) is 0 Å². The Labute approximate surface area is 130 Å². The van der Waals surface area contributed by atoms with Gasteiger partial charge in [-0.1, -0.05) is 0 Å². The second-order valence-corrected chi connectivity index (χ2v) is 5.82.